The number of nitrogens with zero attached hydrogens (tertiary/aromatic N) is 2. The first-order valence-corrected chi connectivity index (χ1v) is 3.38. The molecule has 0 aliphatic heterocycles. The highest BCUT2D eigenvalue weighted by atomic mass is 79.9. The van der Waals surface area contributed by atoms with Crippen LogP contribution in [-0.2, 0) is 0 Å². The molecule has 1 aliphatic rings. The number of hydrogen-bond acceptors (Lipinski definition) is 2. The fraction of sp³-hybridized carbons (Fsp3) is 0.429. The molecule has 0 unspecified atom stereocenters. The van der Waals surface area contributed by atoms with Crippen LogP contribution in [0.3, 0.4) is 0 Å². The van der Waals surface area contributed by atoms with Crippen molar-refractivity contribution in [3.8, 4) is 0 Å². The molecule has 0 spiro atoms. The third-order valence-corrected chi connectivity index (χ3v) is 1.37. The van der Waals surface area contributed by atoms with Crippen LogP contribution in [0.1, 0.15) is 33.9 Å². The lowest BCUT2D eigenvalue weighted by molar-refractivity contribution is 0.963. The van der Waals surface area contributed by atoms with E-state index in [1.54, 1.807) is 0 Å². The summed E-state index contributed by atoms with van der Waals surface area (Å²) < 4.78 is 52.6. The molecule has 0 bridgehead atoms. The van der Waals surface area contributed by atoms with Crippen molar-refractivity contribution >= 4 is 15.9 Å². The van der Waals surface area contributed by atoms with Gasteiger partial charge in [-0.2, -0.15) is 0 Å². The van der Waals surface area contributed by atoms with E-state index in [-0.39, 0.29) is 4.73 Å². The normalized spacial score (nSPS) is 40.7. The number of hydrogen-bond donors (Lipinski definition) is 0. The smallest absolute Gasteiger partial charge is 0.196 e. The van der Waals surface area contributed by atoms with E-state index >= 15 is 0 Å². The Morgan fingerprint density at radius 2 is 2.70 bits per heavy atom. The number of aromatic nitrogens is 2. The van der Waals surface area contributed by atoms with Crippen molar-refractivity contribution in [1.29, 1.82) is 0 Å². The van der Waals surface area contributed by atoms with Crippen LogP contribution in [0.2, 0.25) is 0 Å². The molecule has 0 saturated heterocycles. The Bertz CT molecular complexity index is 489. The fourth-order valence-corrected chi connectivity index (χ4v) is 0.806. The lowest BCUT2D eigenvalue weighted by Gasteiger charge is -1.94. The Balaban J connectivity index is 2.66. The van der Waals surface area contributed by atoms with E-state index in [1.165, 1.54) is 0 Å². The predicted octanol–water partition coefficient (Wildman–Crippen LogP) is 2.12. The van der Waals surface area contributed by atoms with Gasteiger partial charge in [0, 0.05) is 24.6 Å². The molecule has 0 amide bonds. The van der Waals surface area contributed by atoms with Crippen molar-refractivity contribution in [3.63, 3.8) is 0 Å². The maximum atomic E-state index is 7.86. The predicted molar refractivity (Wildman–Crippen MR) is 41.7 cm³/mol. The molecule has 1 saturated carbocycles. The Hall–Kier alpha value is -0.440. The molecule has 1 fully saturated rings. The number of halogens is 1. The lowest BCUT2D eigenvalue weighted by Crippen LogP contribution is -1.87. The SMILES string of the molecule is [2H]c1nc(Br)nc(C2([2H])C([2H])([2H])C2([2H])[2H])c1[2H]. The maximum absolute atomic E-state index is 7.86. The van der Waals surface area contributed by atoms with E-state index in [1.807, 2.05) is 0 Å². The van der Waals surface area contributed by atoms with Gasteiger partial charge in [0.25, 0.3) is 0 Å². The first-order chi connectivity index (χ1) is 7.57. The molecule has 1 heterocycles. The summed E-state index contributed by atoms with van der Waals surface area (Å²) in [6, 6.07) is -0.520. The van der Waals surface area contributed by atoms with Crippen LogP contribution in [0.5, 0.6) is 0 Å². The third-order valence-electron chi connectivity index (χ3n) is 1.01. The van der Waals surface area contributed by atoms with Gasteiger partial charge in [0.2, 0.25) is 0 Å². The molecule has 3 heteroatoms. The third kappa shape index (κ3) is 1.19. The van der Waals surface area contributed by atoms with Gasteiger partial charge in [-0.15, -0.1) is 0 Å². The van der Waals surface area contributed by atoms with Gasteiger partial charge in [0.15, 0.2) is 4.73 Å². The van der Waals surface area contributed by atoms with Crippen molar-refractivity contribution in [3.05, 3.63) is 22.6 Å². The zero-order valence-corrected chi connectivity index (χ0v) is 6.36. The van der Waals surface area contributed by atoms with Gasteiger partial charge in [-0.3, -0.25) is 0 Å². The minimum atomic E-state index is -2.43. The molecule has 1 aliphatic carbocycles. The highest BCUT2D eigenvalue weighted by Gasteiger charge is 2.24. The Labute approximate surface area is 77.7 Å². The van der Waals surface area contributed by atoms with Crippen LogP contribution in [0.15, 0.2) is 16.9 Å². The number of rotatable bonds is 1. The topological polar surface area (TPSA) is 25.8 Å². The van der Waals surface area contributed by atoms with E-state index in [0.717, 1.165) is 0 Å². The lowest BCUT2D eigenvalue weighted by atomic mass is 10.3. The van der Waals surface area contributed by atoms with Gasteiger partial charge in [0.1, 0.15) is 0 Å². The second-order valence-electron chi connectivity index (χ2n) is 1.70. The zero-order chi connectivity index (χ0) is 13.2. The minimum Gasteiger partial charge on any atom is -0.231 e. The van der Waals surface area contributed by atoms with E-state index in [9.17, 15) is 0 Å². The summed E-state index contributed by atoms with van der Waals surface area (Å²) in [4.78, 5) is 7.22. The first-order valence-electron chi connectivity index (χ1n) is 6.08. The average Bonchev–Trinajstić information content (AvgIpc) is 2.51. The summed E-state index contributed by atoms with van der Waals surface area (Å²) in [5, 5.41) is 0. The van der Waals surface area contributed by atoms with Crippen molar-refractivity contribution in [2.45, 2.75) is 18.6 Å². The monoisotopic (exact) mass is 205 g/mol. The van der Waals surface area contributed by atoms with Crippen LogP contribution in [0.4, 0.5) is 0 Å². The zero-order valence-electron chi connectivity index (χ0n) is 11.8. The summed E-state index contributed by atoms with van der Waals surface area (Å²) in [6.45, 7) is 0. The highest BCUT2D eigenvalue weighted by Crippen LogP contribution is 2.38. The summed E-state index contributed by atoms with van der Waals surface area (Å²) in [6.07, 6.45) is -5.33. The van der Waals surface area contributed by atoms with Crippen LogP contribution < -0.4 is 0 Å². The Kier molecular flexibility index (Phi) is 0.524. The molecule has 0 radical (unpaired) electrons. The van der Waals surface area contributed by atoms with E-state index in [4.69, 9.17) is 9.60 Å². The van der Waals surface area contributed by atoms with Crippen LogP contribution in [0, 0.1) is 0 Å². The van der Waals surface area contributed by atoms with Gasteiger partial charge < -0.3 is 0 Å². The highest BCUT2D eigenvalue weighted by molar-refractivity contribution is 9.10. The van der Waals surface area contributed by atoms with E-state index in [2.05, 4.69) is 25.9 Å². The van der Waals surface area contributed by atoms with Gasteiger partial charge in [-0.25, -0.2) is 9.97 Å². The van der Waals surface area contributed by atoms with Gasteiger partial charge in [-0.05, 0) is 34.7 Å². The van der Waals surface area contributed by atoms with E-state index < -0.39 is 36.5 Å². The Morgan fingerprint density at radius 3 is 3.40 bits per heavy atom. The largest absolute Gasteiger partial charge is 0.231 e. The van der Waals surface area contributed by atoms with Crippen LogP contribution in [-0.4, -0.2) is 9.97 Å². The fourth-order valence-electron chi connectivity index (χ4n) is 0.540. The van der Waals surface area contributed by atoms with Crippen molar-refractivity contribution < 1.29 is 9.60 Å². The second kappa shape index (κ2) is 2.31. The maximum Gasteiger partial charge on any atom is 0.196 e. The molecule has 0 atom stereocenters. The quantitative estimate of drug-likeness (QED) is 0.657. The summed E-state index contributed by atoms with van der Waals surface area (Å²) >= 11 is 2.89. The van der Waals surface area contributed by atoms with Crippen molar-refractivity contribution in [2.75, 3.05) is 0 Å². The van der Waals surface area contributed by atoms with E-state index in [0.29, 0.717) is 0 Å². The molecule has 2 nitrogen and oxygen atoms in total. The van der Waals surface area contributed by atoms with Crippen molar-refractivity contribution in [2.24, 2.45) is 0 Å². The summed E-state index contributed by atoms with van der Waals surface area (Å²) in [5.41, 5.74) is -0.403. The molecule has 0 N–H and O–H groups in total. The molecule has 0 aromatic carbocycles. The molecule has 2 rings (SSSR count). The molecule has 1 aromatic heterocycles. The molecular weight excluding hydrogens is 192 g/mol. The first kappa shape index (κ1) is 2.27. The second-order valence-corrected chi connectivity index (χ2v) is 2.41. The molecular formula is C7H7BrN2. The molecule has 1 aromatic rings. The standard InChI is InChI=1S/C7H7BrN2/c8-7-9-4-3-6(10-7)5-1-2-5/h3-5H,1-2H2/i1D2,2D2,3D,4D,5D. The van der Waals surface area contributed by atoms with Gasteiger partial charge in [-0.1, -0.05) is 0 Å². The minimum absolute atomic E-state index is 0.0568. The average molecular weight is 206 g/mol. The van der Waals surface area contributed by atoms with Gasteiger partial charge >= 0.3 is 0 Å². The summed E-state index contributed by atoms with van der Waals surface area (Å²) in [5.74, 6) is -2.27. The molecule has 10 heavy (non-hydrogen) atoms. The summed E-state index contributed by atoms with van der Waals surface area (Å²) in [7, 11) is 0. The Morgan fingerprint density at radius 1 is 1.90 bits per heavy atom. The molecule has 52 valence electrons. The van der Waals surface area contributed by atoms with Crippen LogP contribution >= 0.6 is 15.9 Å². The van der Waals surface area contributed by atoms with Crippen LogP contribution in [0.25, 0.3) is 0 Å². The van der Waals surface area contributed by atoms with Gasteiger partial charge in [0.05, 0.1) is 2.74 Å². The van der Waals surface area contributed by atoms with Crippen molar-refractivity contribution in [1.82, 2.24) is 9.97 Å².